The lowest BCUT2D eigenvalue weighted by Gasteiger charge is -2.37. The van der Waals surface area contributed by atoms with Crippen LogP contribution in [-0.2, 0) is 0 Å². The monoisotopic (exact) mass is 184 g/mol. The molecule has 1 aliphatic rings. The first-order valence-electron chi connectivity index (χ1n) is 5.55. The molecule has 0 aromatic carbocycles. The number of rotatable bonds is 3. The van der Waals surface area contributed by atoms with Crippen LogP contribution < -0.4 is 5.32 Å². The molecule has 0 aromatic rings. The van der Waals surface area contributed by atoms with Gasteiger partial charge in [-0.1, -0.05) is 13.8 Å². The van der Waals surface area contributed by atoms with Gasteiger partial charge in [0.15, 0.2) is 0 Å². The number of likely N-dealkylation sites (N-methyl/N-ethyl adjacent to an activating group) is 1. The Kier molecular flexibility index (Phi) is 4.20. The zero-order valence-corrected chi connectivity index (χ0v) is 9.51. The SMILES string of the molecule is CC(C)CN(C)C1CCCNC1C. The van der Waals surface area contributed by atoms with Crippen molar-refractivity contribution in [2.45, 2.75) is 45.7 Å². The Morgan fingerprint density at radius 1 is 1.46 bits per heavy atom. The largest absolute Gasteiger partial charge is 0.313 e. The van der Waals surface area contributed by atoms with Gasteiger partial charge in [0.05, 0.1) is 0 Å². The van der Waals surface area contributed by atoms with E-state index in [0.29, 0.717) is 6.04 Å². The van der Waals surface area contributed by atoms with Crippen molar-refractivity contribution in [2.75, 3.05) is 20.1 Å². The highest BCUT2D eigenvalue weighted by Crippen LogP contribution is 2.15. The van der Waals surface area contributed by atoms with Gasteiger partial charge in [-0.15, -0.1) is 0 Å². The van der Waals surface area contributed by atoms with Crippen LogP contribution in [-0.4, -0.2) is 37.1 Å². The van der Waals surface area contributed by atoms with E-state index in [9.17, 15) is 0 Å². The summed E-state index contributed by atoms with van der Waals surface area (Å²) in [4.78, 5) is 2.52. The van der Waals surface area contributed by atoms with Crippen LogP contribution >= 0.6 is 0 Å². The van der Waals surface area contributed by atoms with Crippen molar-refractivity contribution in [3.05, 3.63) is 0 Å². The lowest BCUT2D eigenvalue weighted by Crippen LogP contribution is -2.51. The molecular weight excluding hydrogens is 160 g/mol. The normalized spacial score (nSPS) is 30.0. The Morgan fingerprint density at radius 2 is 2.15 bits per heavy atom. The Hall–Kier alpha value is -0.0800. The lowest BCUT2D eigenvalue weighted by molar-refractivity contribution is 0.150. The summed E-state index contributed by atoms with van der Waals surface area (Å²) < 4.78 is 0. The van der Waals surface area contributed by atoms with Gasteiger partial charge in [0.2, 0.25) is 0 Å². The van der Waals surface area contributed by atoms with Crippen LogP contribution in [0.5, 0.6) is 0 Å². The van der Waals surface area contributed by atoms with Crippen molar-refractivity contribution < 1.29 is 0 Å². The molecule has 1 fully saturated rings. The van der Waals surface area contributed by atoms with Crippen molar-refractivity contribution in [1.82, 2.24) is 10.2 Å². The van der Waals surface area contributed by atoms with E-state index < -0.39 is 0 Å². The van der Waals surface area contributed by atoms with Crippen molar-refractivity contribution in [3.63, 3.8) is 0 Å². The van der Waals surface area contributed by atoms with E-state index in [-0.39, 0.29) is 0 Å². The molecule has 0 aliphatic carbocycles. The fraction of sp³-hybridized carbons (Fsp3) is 1.00. The highest BCUT2D eigenvalue weighted by atomic mass is 15.2. The van der Waals surface area contributed by atoms with Crippen molar-refractivity contribution in [3.8, 4) is 0 Å². The van der Waals surface area contributed by atoms with Gasteiger partial charge in [-0.2, -0.15) is 0 Å². The van der Waals surface area contributed by atoms with Gasteiger partial charge in [0.25, 0.3) is 0 Å². The number of hydrogen-bond donors (Lipinski definition) is 1. The van der Waals surface area contributed by atoms with E-state index in [2.05, 4.69) is 38.0 Å². The van der Waals surface area contributed by atoms with Gasteiger partial charge < -0.3 is 10.2 Å². The lowest BCUT2D eigenvalue weighted by atomic mass is 9.98. The van der Waals surface area contributed by atoms with Gasteiger partial charge in [-0.25, -0.2) is 0 Å². The molecule has 0 amide bonds. The van der Waals surface area contributed by atoms with Crippen LogP contribution in [0.4, 0.5) is 0 Å². The molecule has 0 saturated carbocycles. The van der Waals surface area contributed by atoms with Crippen molar-refractivity contribution in [1.29, 1.82) is 0 Å². The maximum atomic E-state index is 3.54. The van der Waals surface area contributed by atoms with E-state index in [1.165, 1.54) is 25.9 Å². The molecule has 78 valence electrons. The Labute approximate surface area is 82.7 Å². The second kappa shape index (κ2) is 4.97. The summed E-state index contributed by atoms with van der Waals surface area (Å²) in [5.41, 5.74) is 0. The van der Waals surface area contributed by atoms with Gasteiger partial charge in [-0.3, -0.25) is 0 Å². The van der Waals surface area contributed by atoms with E-state index in [0.717, 1.165) is 12.0 Å². The number of nitrogens with one attached hydrogen (secondary N) is 1. The summed E-state index contributed by atoms with van der Waals surface area (Å²) in [5.74, 6) is 0.777. The van der Waals surface area contributed by atoms with Gasteiger partial charge in [0, 0.05) is 18.6 Å². The van der Waals surface area contributed by atoms with E-state index in [1.54, 1.807) is 0 Å². The molecule has 1 aliphatic heterocycles. The Balaban J connectivity index is 2.39. The molecule has 0 radical (unpaired) electrons. The van der Waals surface area contributed by atoms with E-state index >= 15 is 0 Å². The fourth-order valence-corrected chi connectivity index (χ4v) is 2.34. The summed E-state index contributed by atoms with van der Waals surface area (Å²) in [7, 11) is 2.26. The third-order valence-corrected chi connectivity index (χ3v) is 2.94. The zero-order valence-electron chi connectivity index (χ0n) is 9.51. The first-order valence-corrected chi connectivity index (χ1v) is 5.55. The summed E-state index contributed by atoms with van der Waals surface area (Å²) in [5, 5.41) is 3.54. The number of nitrogens with zero attached hydrogens (tertiary/aromatic N) is 1. The predicted octanol–water partition coefficient (Wildman–Crippen LogP) is 1.71. The zero-order chi connectivity index (χ0) is 9.84. The van der Waals surface area contributed by atoms with Gasteiger partial charge in [-0.05, 0) is 39.3 Å². The Bertz CT molecular complexity index is 145. The van der Waals surface area contributed by atoms with Crippen molar-refractivity contribution >= 4 is 0 Å². The molecule has 0 spiro atoms. The maximum absolute atomic E-state index is 3.54. The second-order valence-corrected chi connectivity index (χ2v) is 4.79. The van der Waals surface area contributed by atoms with Crippen LogP contribution in [0.3, 0.4) is 0 Å². The molecule has 1 rings (SSSR count). The topological polar surface area (TPSA) is 15.3 Å². The quantitative estimate of drug-likeness (QED) is 0.718. The molecule has 0 aromatic heterocycles. The minimum absolute atomic E-state index is 0.664. The summed E-state index contributed by atoms with van der Waals surface area (Å²) in [6.07, 6.45) is 2.69. The highest BCUT2D eigenvalue weighted by molar-refractivity contribution is 4.84. The molecule has 1 heterocycles. The van der Waals surface area contributed by atoms with Gasteiger partial charge >= 0.3 is 0 Å². The summed E-state index contributed by atoms with van der Waals surface area (Å²) >= 11 is 0. The van der Waals surface area contributed by atoms with Crippen molar-refractivity contribution in [2.24, 2.45) is 5.92 Å². The Morgan fingerprint density at radius 3 is 2.69 bits per heavy atom. The molecule has 13 heavy (non-hydrogen) atoms. The maximum Gasteiger partial charge on any atom is 0.0244 e. The molecule has 0 bridgehead atoms. The first-order chi connectivity index (χ1) is 6.11. The standard InChI is InChI=1S/C11H24N2/c1-9(2)8-13(4)11-6-5-7-12-10(11)3/h9-12H,5-8H2,1-4H3. The minimum atomic E-state index is 0.664. The molecule has 2 heteroatoms. The summed E-state index contributed by atoms with van der Waals surface area (Å²) in [6.45, 7) is 9.30. The highest BCUT2D eigenvalue weighted by Gasteiger charge is 2.24. The van der Waals surface area contributed by atoms with Crippen LogP contribution in [0.2, 0.25) is 0 Å². The van der Waals surface area contributed by atoms with Crippen LogP contribution in [0, 0.1) is 5.92 Å². The average molecular weight is 184 g/mol. The molecule has 2 unspecified atom stereocenters. The summed E-state index contributed by atoms with van der Waals surface area (Å²) in [6, 6.07) is 1.41. The minimum Gasteiger partial charge on any atom is -0.313 e. The molecular formula is C11H24N2. The third-order valence-electron chi connectivity index (χ3n) is 2.94. The third kappa shape index (κ3) is 3.28. The average Bonchev–Trinajstić information content (AvgIpc) is 2.03. The van der Waals surface area contributed by atoms with E-state index in [4.69, 9.17) is 0 Å². The first kappa shape index (κ1) is 11.0. The second-order valence-electron chi connectivity index (χ2n) is 4.79. The molecule has 1 N–H and O–H groups in total. The molecule has 2 nitrogen and oxygen atoms in total. The van der Waals surface area contributed by atoms with Crippen LogP contribution in [0.25, 0.3) is 0 Å². The molecule has 2 atom stereocenters. The predicted molar refractivity (Wildman–Crippen MR) is 58.0 cm³/mol. The number of hydrogen-bond acceptors (Lipinski definition) is 2. The van der Waals surface area contributed by atoms with Gasteiger partial charge in [0.1, 0.15) is 0 Å². The number of piperidine rings is 1. The van der Waals surface area contributed by atoms with Crippen LogP contribution in [0.1, 0.15) is 33.6 Å². The fourth-order valence-electron chi connectivity index (χ4n) is 2.34. The smallest absolute Gasteiger partial charge is 0.0244 e. The van der Waals surface area contributed by atoms with Crippen LogP contribution in [0.15, 0.2) is 0 Å². The molecule has 1 saturated heterocycles. The van der Waals surface area contributed by atoms with E-state index in [1.807, 2.05) is 0 Å².